The zero-order valence-electron chi connectivity index (χ0n) is 11.4. The third-order valence-corrected chi connectivity index (χ3v) is 3.89. The van der Waals surface area contributed by atoms with Gasteiger partial charge in [-0.2, -0.15) is 0 Å². The van der Waals surface area contributed by atoms with Crippen LogP contribution in [0.5, 0.6) is 0 Å². The molecule has 6 nitrogen and oxygen atoms in total. The Balaban J connectivity index is 2.05. The van der Waals surface area contributed by atoms with E-state index in [9.17, 15) is 14.9 Å². The second-order valence-electron chi connectivity index (χ2n) is 5.28. The molecule has 20 heavy (non-hydrogen) atoms. The number of benzene rings is 1. The zero-order chi connectivity index (χ0) is 14.7. The summed E-state index contributed by atoms with van der Waals surface area (Å²) in [4.78, 5) is 23.3. The van der Waals surface area contributed by atoms with Gasteiger partial charge in [0, 0.05) is 31.1 Å². The van der Waals surface area contributed by atoms with Crippen molar-refractivity contribution in [3.05, 3.63) is 39.9 Å². The lowest BCUT2D eigenvalue weighted by Gasteiger charge is -2.24. The van der Waals surface area contributed by atoms with Gasteiger partial charge in [-0.15, -0.1) is 0 Å². The largest absolute Gasteiger partial charge is 0.481 e. The smallest absolute Gasteiger partial charge is 0.303 e. The number of hydrogen-bond acceptors (Lipinski definition) is 4. The predicted molar refractivity (Wildman–Crippen MR) is 73.4 cm³/mol. The normalized spacial score (nSPS) is 20.8. The Bertz CT molecular complexity index is 518. The second-order valence-corrected chi connectivity index (χ2v) is 5.28. The van der Waals surface area contributed by atoms with Gasteiger partial charge in [0.25, 0.3) is 5.69 Å². The second kappa shape index (κ2) is 6.00. The number of likely N-dealkylation sites (tertiary alicyclic amines) is 1. The van der Waals surface area contributed by atoms with Crippen LogP contribution in [0.4, 0.5) is 5.69 Å². The summed E-state index contributed by atoms with van der Waals surface area (Å²) in [5, 5.41) is 19.6. The van der Waals surface area contributed by atoms with Crippen LogP contribution in [0.2, 0.25) is 0 Å². The Morgan fingerprint density at radius 1 is 1.60 bits per heavy atom. The molecule has 1 heterocycles. The van der Waals surface area contributed by atoms with Crippen LogP contribution < -0.4 is 0 Å². The quantitative estimate of drug-likeness (QED) is 0.660. The molecule has 0 aliphatic carbocycles. The molecule has 0 spiro atoms. The van der Waals surface area contributed by atoms with Crippen molar-refractivity contribution in [3.8, 4) is 0 Å². The van der Waals surface area contributed by atoms with Crippen LogP contribution >= 0.6 is 0 Å². The van der Waals surface area contributed by atoms with Gasteiger partial charge in [-0.3, -0.25) is 19.8 Å². The van der Waals surface area contributed by atoms with Gasteiger partial charge in [-0.25, -0.2) is 0 Å². The third kappa shape index (κ3) is 3.33. The highest BCUT2D eigenvalue weighted by molar-refractivity contribution is 5.67. The summed E-state index contributed by atoms with van der Waals surface area (Å²) in [6, 6.07) is 6.70. The number of nitro benzene ring substituents is 1. The minimum atomic E-state index is -0.764. The molecule has 108 valence electrons. The minimum absolute atomic E-state index is 0.0636. The molecule has 0 aromatic heterocycles. The molecular weight excluding hydrogens is 260 g/mol. The van der Waals surface area contributed by atoms with Crippen LogP contribution in [-0.4, -0.2) is 34.0 Å². The molecule has 1 aromatic rings. The van der Waals surface area contributed by atoms with Gasteiger partial charge in [0.1, 0.15) is 0 Å². The summed E-state index contributed by atoms with van der Waals surface area (Å²) in [7, 11) is 0. The first-order valence-corrected chi connectivity index (χ1v) is 6.67. The molecule has 2 rings (SSSR count). The highest BCUT2D eigenvalue weighted by atomic mass is 16.6. The van der Waals surface area contributed by atoms with Gasteiger partial charge in [0.05, 0.1) is 4.92 Å². The Hall–Kier alpha value is -1.95. The number of non-ortho nitro benzene ring substituents is 1. The Labute approximate surface area is 117 Å². The molecule has 1 fully saturated rings. The molecule has 0 saturated carbocycles. The molecule has 1 saturated heterocycles. The summed E-state index contributed by atoms with van der Waals surface area (Å²) in [6.45, 7) is 3.57. The molecule has 0 amide bonds. The van der Waals surface area contributed by atoms with E-state index in [1.165, 1.54) is 6.07 Å². The molecule has 2 unspecified atom stereocenters. The Kier molecular flexibility index (Phi) is 4.34. The van der Waals surface area contributed by atoms with E-state index in [1.54, 1.807) is 12.1 Å². The van der Waals surface area contributed by atoms with Gasteiger partial charge in [0.15, 0.2) is 0 Å². The third-order valence-electron chi connectivity index (χ3n) is 3.89. The highest BCUT2D eigenvalue weighted by Crippen LogP contribution is 2.30. The van der Waals surface area contributed by atoms with E-state index in [2.05, 4.69) is 4.90 Å². The molecule has 1 aliphatic rings. The molecular formula is C14H18N2O4. The van der Waals surface area contributed by atoms with Crippen molar-refractivity contribution in [2.45, 2.75) is 25.8 Å². The first-order valence-electron chi connectivity index (χ1n) is 6.67. The van der Waals surface area contributed by atoms with Crippen LogP contribution in [0.25, 0.3) is 0 Å². The van der Waals surface area contributed by atoms with Crippen molar-refractivity contribution in [2.24, 2.45) is 5.92 Å². The first kappa shape index (κ1) is 14.5. The van der Waals surface area contributed by atoms with Crippen molar-refractivity contribution in [3.63, 3.8) is 0 Å². The van der Waals surface area contributed by atoms with Crippen molar-refractivity contribution in [1.29, 1.82) is 0 Å². The Morgan fingerprint density at radius 3 is 3.00 bits per heavy atom. The van der Waals surface area contributed by atoms with E-state index in [0.717, 1.165) is 25.1 Å². The maximum atomic E-state index is 10.8. The summed E-state index contributed by atoms with van der Waals surface area (Å²) in [5.41, 5.74) is 0.991. The van der Waals surface area contributed by atoms with Crippen LogP contribution in [-0.2, 0) is 4.79 Å². The number of carbonyl (C=O) groups is 1. The number of aliphatic carboxylic acids is 1. The molecule has 0 radical (unpaired) electrons. The SMILES string of the molecule is CC(c1cccc([N+](=O)[O-])c1)N1CCC(CC(=O)O)C1. The van der Waals surface area contributed by atoms with E-state index in [1.807, 2.05) is 13.0 Å². The predicted octanol–water partition coefficient (Wildman–Crippen LogP) is 2.45. The van der Waals surface area contributed by atoms with Gasteiger partial charge in [-0.05, 0) is 31.4 Å². The minimum Gasteiger partial charge on any atom is -0.481 e. The van der Waals surface area contributed by atoms with Crippen LogP contribution in [0.15, 0.2) is 24.3 Å². The van der Waals surface area contributed by atoms with Crippen molar-refractivity contribution in [2.75, 3.05) is 13.1 Å². The van der Waals surface area contributed by atoms with Gasteiger partial charge < -0.3 is 5.11 Å². The monoisotopic (exact) mass is 278 g/mol. The summed E-state index contributed by atoms with van der Waals surface area (Å²) in [5.74, 6) is -0.589. The molecule has 0 bridgehead atoms. The van der Waals surface area contributed by atoms with Crippen LogP contribution in [0.3, 0.4) is 0 Å². The zero-order valence-corrected chi connectivity index (χ0v) is 11.4. The molecule has 1 aliphatic heterocycles. The maximum absolute atomic E-state index is 10.8. The summed E-state index contributed by atoms with van der Waals surface area (Å²) >= 11 is 0. The fraction of sp³-hybridized carbons (Fsp3) is 0.500. The van der Waals surface area contributed by atoms with E-state index < -0.39 is 10.9 Å². The maximum Gasteiger partial charge on any atom is 0.303 e. The highest BCUT2D eigenvalue weighted by Gasteiger charge is 2.28. The topological polar surface area (TPSA) is 83.7 Å². The number of nitro groups is 1. The van der Waals surface area contributed by atoms with Gasteiger partial charge in [0.2, 0.25) is 0 Å². The lowest BCUT2D eigenvalue weighted by molar-refractivity contribution is -0.384. The van der Waals surface area contributed by atoms with Crippen LogP contribution in [0.1, 0.15) is 31.4 Å². The van der Waals surface area contributed by atoms with Gasteiger partial charge in [-0.1, -0.05) is 12.1 Å². The average Bonchev–Trinajstić information content (AvgIpc) is 2.85. The number of rotatable bonds is 5. The number of nitrogens with zero attached hydrogens (tertiary/aromatic N) is 2. The standard InChI is InChI=1S/C14H18N2O4/c1-10(12-3-2-4-13(8-12)16(19)20)15-6-5-11(9-15)7-14(17)18/h2-4,8,10-11H,5-7,9H2,1H3,(H,17,18). The first-order chi connectivity index (χ1) is 9.47. The van der Waals surface area contributed by atoms with E-state index in [0.29, 0.717) is 0 Å². The van der Waals surface area contributed by atoms with E-state index in [-0.39, 0.29) is 24.1 Å². The fourth-order valence-corrected chi connectivity index (χ4v) is 2.74. The fourth-order valence-electron chi connectivity index (χ4n) is 2.74. The van der Waals surface area contributed by atoms with Crippen molar-refractivity contribution >= 4 is 11.7 Å². The number of hydrogen-bond donors (Lipinski definition) is 1. The van der Waals surface area contributed by atoms with E-state index >= 15 is 0 Å². The van der Waals surface area contributed by atoms with Crippen molar-refractivity contribution < 1.29 is 14.8 Å². The van der Waals surface area contributed by atoms with Gasteiger partial charge >= 0.3 is 5.97 Å². The van der Waals surface area contributed by atoms with Crippen molar-refractivity contribution in [1.82, 2.24) is 4.90 Å². The molecule has 6 heteroatoms. The average molecular weight is 278 g/mol. The number of carboxylic acids is 1. The number of carboxylic acid groups (broad SMARTS) is 1. The lowest BCUT2D eigenvalue weighted by Crippen LogP contribution is -2.25. The summed E-state index contributed by atoms with van der Waals surface area (Å²) < 4.78 is 0. The summed E-state index contributed by atoms with van der Waals surface area (Å²) in [6.07, 6.45) is 1.06. The molecule has 1 aromatic carbocycles. The molecule has 1 N–H and O–H groups in total. The lowest BCUT2D eigenvalue weighted by atomic mass is 10.0. The Morgan fingerprint density at radius 2 is 2.35 bits per heavy atom. The molecule has 2 atom stereocenters. The van der Waals surface area contributed by atoms with Crippen LogP contribution in [0, 0.1) is 16.0 Å². The van der Waals surface area contributed by atoms with E-state index in [4.69, 9.17) is 5.11 Å².